The molecule has 0 radical (unpaired) electrons. The summed E-state index contributed by atoms with van der Waals surface area (Å²) >= 11 is 0. The maximum Gasteiger partial charge on any atom is 0.408 e. The van der Waals surface area contributed by atoms with Crippen LogP contribution < -0.4 is 10.1 Å². The van der Waals surface area contributed by atoms with Gasteiger partial charge in [0.25, 0.3) is 0 Å². The molecular weight excluding hydrogens is 350 g/mol. The SMILES string of the molecule is CC(C)(C)C1CCC(Oc2ccc3cc([C@]4(C)COC(=O)N4)ccc3c2)CC1. The van der Waals surface area contributed by atoms with Gasteiger partial charge in [-0.2, -0.15) is 0 Å². The van der Waals surface area contributed by atoms with Crippen LogP contribution in [-0.2, 0) is 10.3 Å². The van der Waals surface area contributed by atoms with Crippen molar-refractivity contribution < 1.29 is 14.3 Å². The van der Waals surface area contributed by atoms with Gasteiger partial charge in [-0.1, -0.05) is 39.0 Å². The molecule has 2 aromatic rings. The fraction of sp³-hybridized carbons (Fsp3) is 0.542. The number of carbonyl (C=O) groups excluding carboxylic acids is 1. The van der Waals surface area contributed by atoms with Crippen LogP contribution in [0.5, 0.6) is 5.75 Å². The second-order valence-electron chi connectivity index (χ2n) is 9.71. The van der Waals surface area contributed by atoms with Gasteiger partial charge in [-0.25, -0.2) is 4.79 Å². The number of cyclic esters (lactones) is 1. The summed E-state index contributed by atoms with van der Waals surface area (Å²) in [4.78, 5) is 11.5. The van der Waals surface area contributed by atoms with Gasteiger partial charge in [0.15, 0.2) is 0 Å². The maximum atomic E-state index is 11.5. The van der Waals surface area contributed by atoms with E-state index >= 15 is 0 Å². The number of nitrogens with one attached hydrogen (secondary N) is 1. The summed E-state index contributed by atoms with van der Waals surface area (Å²) in [6, 6.07) is 12.6. The highest BCUT2D eigenvalue weighted by Gasteiger charge is 2.36. The van der Waals surface area contributed by atoms with Crippen LogP contribution >= 0.6 is 0 Å². The van der Waals surface area contributed by atoms with E-state index < -0.39 is 5.54 Å². The zero-order valence-corrected chi connectivity index (χ0v) is 17.4. The lowest BCUT2D eigenvalue weighted by Crippen LogP contribution is -2.37. The Morgan fingerprint density at radius 2 is 1.71 bits per heavy atom. The van der Waals surface area contributed by atoms with Crippen molar-refractivity contribution in [3.05, 3.63) is 42.0 Å². The Morgan fingerprint density at radius 1 is 1.04 bits per heavy atom. The molecule has 1 saturated carbocycles. The fourth-order valence-corrected chi connectivity index (χ4v) is 4.54. The third kappa shape index (κ3) is 3.82. The van der Waals surface area contributed by atoms with Gasteiger partial charge >= 0.3 is 6.09 Å². The lowest BCUT2D eigenvalue weighted by Gasteiger charge is -2.37. The highest BCUT2D eigenvalue weighted by Crippen LogP contribution is 2.39. The molecule has 1 heterocycles. The number of amides is 1. The first kappa shape index (κ1) is 19.1. The van der Waals surface area contributed by atoms with Crippen molar-refractivity contribution in [1.82, 2.24) is 5.32 Å². The zero-order chi connectivity index (χ0) is 19.9. The van der Waals surface area contributed by atoms with Gasteiger partial charge in [0, 0.05) is 0 Å². The van der Waals surface area contributed by atoms with Crippen LogP contribution in [-0.4, -0.2) is 18.8 Å². The van der Waals surface area contributed by atoms with Gasteiger partial charge in [0.2, 0.25) is 0 Å². The lowest BCUT2D eigenvalue weighted by atomic mass is 9.72. The number of rotatable bonds is 3. The Bertz CT molecular complexity index is 877. The summed E-state index contributed by atoms with van der Waals surface area (Å²) in [5.74, 6) is 1.74. The second-order valence-corrected chi connectivity index (χ2v) is 9.71. The minimum Gasteiger partial charge on any atom is -0.490 e. The normalized spacial score (nSPS) is 28.1. The van der Waals surface area contributed by atoms with Crippen LogP contribution in [0.1, 0.15) is 58.9 Å². The maximum absolute atomic E-state index is 11.5. The number of benzene rings is 2. The summed E-state index contributed by atoms with van der Waals surface area (Å²) in [7, 11) is 0. The van der Waals surface area contributed by atoms with E-state index in [1.54, 1.807) is 0 Å². The molecule has 1 aliphatic heterocycles. The quantitative estimate of drug-likeness (QED) is 0.733. The number of hydrogen-bond donors (Lipinski definition) is 1. The minimum absolute atomic E-state index is 0.320. The molecule has 1 saturated heterocycles. The molecule has 1 N–H and O–H groups in total. The van der Waals surface area contributed by atoms with Gasteiger partial charge in [-0.05, 0) is 78.5 Å². The van der Waals surface area contributed by atoms with Gasteiger partial charge in [0.1, 0.15) is 12.4 Å². The molecule has 0 aromatic heterocycles. The van der Waals surface area contributed by atoms with E-state index in [4.69, 9.17) is 9.47 Å². The molecule has 4 rings (SSSR count). The molecular formula is C24H31NO3. The Hall–Kier alpha value is -2.23. The second kappa shape index (κ2) is 6.98. The van der Waals surface area contributed by atoms with Gasteiger partial charge in [0.05, 0.1) is 11.6 Å². The number of hydrogen-bond acceptors (Lipinski definition) is 3. The van der Waals surface area contributed by atoms with Crippen LogP contribution in [0.25, 0.3) is 10.8 Å². The molecule has 1 atom stereocenters. The molecule has 2 fully saturated rings. The standard InChI is InChI=1S/C24H31NO3/c1-23(2,3)18-8-11-20(12-9-18)28-21-10-6-16-13-19(7-5-17(16)14-21)24(4)15-27-22(26)25-24/h5-7,10,13-14,18,20H,8-9,11-12,15H2,1-4H3,(H,25,26)/t18?,20?,24-/m0/s1. The van der Waals surface area contributed by atoms with E-state index in [1.165, 1.54) is 12.8 Å². The molecule has 0 spiro atoms. The Balaban J connectivity index is 1.46. The van der Waals surface area contributed by atoms with Crippen LogP contribution in [0, 0.1) is 11.3 Å². The van der Waals surface area contributed by atoms with Crippen molar-refractivity contribution in [2.45, 2.75) is 65.0 Å². The predicted molar refractivity (Wildman–Crippen MR) is 112 cm³/mol. The van der Waals surface area contributed by atoms with E-state index in [0.29, 0.717) is 18.1 Å². The molecule has 4 nitrogen and oxygen atoms in total. The van der Waals surface area contributed by atoms with Crippen molar-refractivity contribution >= 4 is 16.9 Å². The van der Waals surface area contributed by atoms with E-state index in [0.717, 1.165) is 40.8 Å². The largest absolute Gasteiger partial charge is 0.490 e. The van der Waals surface area contributed by atoms with Crippen molar-refractivity contribution in [3.8, 4) is 5.75 Å². The molecule has 2 aliphatic rings. The molecule has 150 valence electrons. The van der Waals surface area contributed by atoms with Gasteiger partial charge in [-0.3, -0.25) is 0 Å². The predicted octanol–water partition coefficient (Wildman–Crippen LogP) is 5.78. The molecule has 1 aliphatic carbocycles. The Labute approximate surface area is 167 Å². The molecule has 2 aromatic carbocycles. The molecule has 0 unspecified atom stereocenters. The lowest BCUT2D eigenvalue weighted by molar-refractivity contribution is 0.0883. The average molecular weight is 382 g/mol. The van der Waals surface area contributed by atoms with Crippen LogP contribution in [0.15, 0.2) is 36.4 Å². The topological polar surface area (TPSA) is 47.6 Å². The highest BCUT2D eigenvalue weighted by atomic mass is 16.6. The van der Waals surface area contributed by atoms with Crippen molar-refractivity contribution in [2.75, 3.05) is 6.61 Å². The number of alkyl carbamates (subject to hydrolysis) is 1. The third-order valence-electron chi connectivity index (χ3n) is 6.52. The first-order valence-electron chi connectivity index (χ1n) is 10.4. The Morgan fingerprint density at radius 3 is 2.36 bits per heavy atom. The third-order valence-corrected chi connectivity index (χ3v) is 6.52. The summed E-state index contributed by atoms with van der Waals surface area (Å²) in [6.07, 6.45) is 4.73. The summed E-state index contributed by atoms with van der Waals surface area (Å²) in [5, 5.41) is 5.20. The summed E-state index contributed by atoms with van der Waals surface area (Å²) in [5.41, 5.74) is 0.984. The average Bonchev–Trinajstić information content (AvgIpc) is 3.01. The first-order chi connectivity index (χ1) is 13.2. The molecule has 1 amide bonds. The number of carbonyl (C=O) groups is 1. The minimum atomic E-state index is -0.466. The van der Waals surface area contributed by atoms with E-state index in [1.807, 2.05) is 6.92 Å². The first-order valence-corrected chi connectivity index (χ1v) is 10.4. The van der Waals surface area contributed by atoms with E-state index in [-0.39, 0.29) is 6.09 Å². The van der Waals surface area contributed by atoms with E-state index in [9.17, 15) is 4.79 Å². The summed E-state index contributed by atoms with van der Waals surface area (Å²) in [6.45, 7) is 9.39. The van der Waals surface area contributed by atoms with Gasteiger partial charge in [-0.15, -0.1) is 0 Å². The molecule has 28 heavy (non-hydrogen) atoms. The van der Waals surface area contributed by atoms with Crippen molar-refractivity contribution in [2.24, 2.45) is 11.3 Å². The van der Waals surface area contributed by atoms with Crippen molar-refractivity contribution in [1.29, 1.82) is 0 Å². The highest BCUT2D eigenvalue weighted by molar-refractivity contribution is 5.85. The molecule has 0 bridgehead atoms. The van der Waals surface area contributed by atoms with Crippen LogP contribution in [0.2, 0.25) is 0 Å². The van der Waals surface area contributed by atoms with Gasteiger partial charge < -0.3 is 14.8 Å². The van der Waals surface area contributed by atoms with Crippen LogP contribution in [0.4, 0.5) is 4.79 Å². The number of fused-ring (bicyclic) bond motifs is 1. The zero-order valence-electron chi connectivity index (χ0n) is 17.4. The Kier molecular flexibility index (Phi) is 4.76. The van der Waals surface area contributed by atoms with E-state index in [2.05, 4.69) is 62.5 Å². The number of ether oxygens (including phenoxy) is 2. The van der Waals surface area contributed by atoms with Crippen LogP contribution in [0.3, 0.4) is 0 Å². The monoisotopic (exact) mass is 381 g/mol. The van der Waals surface area contributed by atoms with Crippen molar-refractivity contribution in [3.63, 3.8) is 0 Å². The smallest absolute Gasteiger partial charge is 0.408 e. The summed E-state index contributed by atoms with van der Waals surface area (Å²) < 4.78 is 11.4. The fourth-order valence-electron chi connectivity index (χ4n) is 4.54. The molecule has 4 heteroatoms.